The monoisotopic (exact) mass is 519 g/mol. The van der Waals surface area contributed by atoms with E-state index in [1.807, 2.05) is 0 Å². The van der Waals surface area contributed by atoms with E-state index >= 15 is 0 Å². The summed E-state index contributed by atoms with van der Waals surface area (Å²) in [6.45, 7) is 0. The number of halogens is 3. The second-order valence-electron chi connectivity index (χ2n) is 5.64. The third-order valence-corrected chi connectivity index (χ3v) is 4.65. The van der Waals surface area contributed by atoms with Crippen LogP contribution in [0, 0.1) is 5.82 Å². The van der Waals surface area contributed by atoms with E-state index in [4.69, 9.17) is 4.74 Å². The van der Waals surface area contributed by atoms with E-state index in [1.165, 1.54) is 36.8 Å². The summed E-state index contributed by atoms with van der Waals surface area (Å²) in [7, 11) is 0. The smallest absolute Gasteiger partial charge is 0.343 e. The van der Waals surface area contributed by atoms with Crippen LogP contribution in [0.1, 0.15) is 26.3 Å². The predicted molar refractivity (Wildman–Crippen MR) is 112 cm³/mol. The lowest BCUT2D eigenvalue weighted by molar-refractivity contribution is 0.0732. The number of aromatic nitrogens is 1. The molecule has 146 valence electrons. The number of amides is 1. The zero-order valence-electron chi connectivity index (χ0n) is 14.6. The Labute approximate surface area is 182 Å². The van der Waals surface area contributed by atoms with Gasteiger partial charge in [-0.3, -0.25) is 9.78 Å². The molecule has 0 atom stereocenters. The maximum Gasteiger partial charge on any atom is 0.343 e. The maximum atomic E-state index is 13.4. The van der Waals surface area contributed by atoms with Gasteiger partial charge in [0.25, 0.3) is 5.91 Å². The Morgan fingerprint density at radius 2 is 1.83 bits per heavy atom. The maximum absolute atomic E-state index is 13.4. The highest BCUT2D eigenvalue weighted by Gasteiger charge is 2.16. The summed E-state index contributed by atoms with van der Waals surface area (Å²) in [5, 5.41) is 3.92. The van der Waals surface area contributed by atoms with Crippen molar-refractivity contribution in [1.82, 2.24) is 10.4 Å². The van der Waals surface area contributed by atoms with Crippen LogP contribution in [0.25, 0.3) is 0 Å². The Morgan fingerprint density at radius 1 is 1.07 bits per heavy atom. The molecule has 0 saturated carbocycles. The molecule has 3 rings (SSSR count). The number of hydrogen-bond donors (Lipinski definition) is 1. The standard InChI is InChI=1S/C20H12Br2FN3O3/c21-15-8-14(11-25-26-19(27)12-4-6-24-7-5-12)18(17(22)10-15)29-20(28)13-2-1-3-16(23)9-13/h1-11H,(H,26,27)/b25-11-. The number of benzene rings is 2. The summed E-state index contributed by atoms with van der Waals surface area (Å²) in [4.78, 5) is 28.3. The molecule has 0 bridgehead atoms. The van der Waals surface area contributed by atoms with E-state index in [2.05, 4.69) is 47.4 Å². The summed E-state index contributed by atoms with van der Waals surface area (Å²) < 4.78 is 20.0. The molecule has 0 aliphatic carbocycles. The first-order valence-electron chi connectivity index (χ1n) is 8.14. The molecule has 1 N–H and O–H groups in total. The van der Waals surface area contributed by atoms with E-state index in [0.29, 0.717) is 20.1 Å². The van der Waals surface area contributed by atoms with Crippen LogP contribution in [0.5, 0.6) is 5.75 Å². The van der Waals surface area contributed by atoms with Gasteiger partial charge in [-0.2, -0.15) is 5.10 Å². The molecule has 1 heterocycles. The predicted octanol–water partition coefficient (Wildman–Crippen LogP) is 4.73. The van der Waals surface area contributed by atoms with Gasteiger partial charge >= 0.3 is 5.97 Å². The number of nitrogens with one attached hydrogen (secondary N) is 1. The van der Waals surface area contributed by atoms with Gasteiger partial charge in [0.2, 0.25) is 0 Å². The molecule has 0 aliphatic heterocycles. The lowest BCUT2D eigenvalue weighted by Gasteiger charge is -2.10. The van der Waals surface area contributed by atoms with Gasteiger partial charge < -0.3 is 4.74 Å². The average Bonchev–Trinajstić information content (AvgIpc) is 2.71. The lowest BCUT2D eigenvalue weighted by atomic mass is 10.2. The van der Waals surface area contributed by atoms with Crippen LogP contribution < -0.4 is 10.2 Å². The Kier molecular flexibility index (Phi) is 6.84. The summed E-state index contributed by atoms with van der Waals surface area (Å²) in [5.41, 5.74) is 3.25. The number of ether oxygens (including phenoxy) is 1. The van der Waals surface area contributed by atoms with Gasteiger partial charge in [-0.15, -0.1) is 0 Å². The van der Waals surface area contributed by atoms with Crippen molar-refractivity contribution in [2.24, 2.45) is 5.10 Å². The normalized spacial score (nSPS) is 10.7. The lowest BCUT2D eigenvalue weighted by Crippen LogP contribution is -2.17. The first kappa shape index (κ1) is 20.8. The first-order valence-corrected chi connectivity index (χ1v) is 9.73. The fraction of sp³-hybridized carbons (Fsp3) is 0. The minimum atomic E-state index is -0.733. The topological polar surface area (TPSA) is 80.6 Å². The molecule has 0 saturated heterocycles. The van der Waals surface area contributed by atoms with E-state index < -0.39 is 17.7 Å². The van der Waals surface area contributed by atoms with Crippen LogP contribution in [0.2, 0.25) is 0 Å². The highest BCUT2D eigenvalue weighted by atomic mass is 79.9. The number of pyridine rings is 1. The fourth-order valence-corrected chi connectivity index (χ4v) is 3.62. The van der Waals surface area contributed by atoms with Gasteiger partial charge in [0.1, 0.15) is 5.82 Å². The molecule has 6 nitrogen and oxygen atoms in total. The quantitative estimate of drug-likeness (QED) is 0.228. The molecular formula is C20H12Br2FN3O3. The molecule has 1 amide bonds. The SMILES string of the molecule is O=C(N/N=C\c1cc(Br)cc(Br)c1OC(=O)c1cccc(F)c1)c1ccncc1. The van der Waals surface area contributed by atoms with Crippen LogP contribution in [0.3, 0.4) is 0 Å². The van der Waals surface area contributed by atoms with E-state index in [9.17, 15) is 14.0 Å². The van der Waals surface area contributed by atoms with Crippen molar-refractivity contribution in [3.05, 3.63) is 92.4 Å². The third kappa shape index (κ3) is 5.55. The van der Waals surface area contributed by atoms with Crippen LogP contribution in [-0.4, -0.2) is 23.1 Å². The molecule has 0 aliphatic rings. The number of carbonyl (C=O) groups excluding carboxylic acids is 2. The zero-order chi connectivity index (χ0) is 20.8. The molecule has 29 heavy (non-hydrogen) atoms. The molecule has 1 aromatic heterocycles. The van der Waals surface area contributed by atoms with Gasteiger partial charge in [-0.1, -0.05) is 22.0 Å². The number of nitrogens with zero attached hydrogens (tertiary/aromatic N) is 2. The second-order valence-corrected chi connectivity index (χ2v) is 7.41. The first-order chi connectivity index (χ1) is 13.9. The van der Waals surface area contributed by atoms with Crippen LogP contribution in [-0.2, 0) is 0 Å². The van der Waals surface area contributed by atoms with Crippen LogP contribution >= 0.6 is 31.9 Å². The van der Waals surface area contributed by atoms with Crippen molar-refractivity contribution in [3.63, 3.8) is 0 Å². The van der Waals surface area contributed by atoms with E-state index in [-0.39, 0.29) is 11.3 Å². The highest BCUT2D eigenvalue weighted by Crippen LogP contribution is 2.32. The van der Waals surface area contributed by atoms with Gasteiger partial charge in [0.15, 0.2) is 5.75 Å². The molecule has 3 aromatic rings. The third-order valence-electron chi connectivity index (χ3n) is 3.60. The molecular weight excluding hydrogens is 509 g/mol. The minimum Gasteiger partial charge on any atom is -0.421 e. The van der Waals surface area contributed by atoms with E-state index in [1.54, 1.807) is 24.3 Å². The molecule has 0 fully saturated rings. The molecule has 0 spiro atoms. The van der Waals surface area contributed by atoms with Crippen molar-refractivity contribution < 1.29 is 18.7 Å². The van der Waals surface area contributed by atoms with Gasteiger partial charge in [-0.05, 0) is 58.4 Å². The van der Waals surface area contributed by atoms with Gasteiger partial charge in [0.05, 0.1) is 16.3 Å². The van der Waals surface area contributed by atoms with Crippen molar-refractivity contribution >= 4 is 50.0 Å². The number of hydrogen-bond acceptors (Lipinski definition) is 5. The number of carbonyl (C=O) groups is 2. The second kappa shape index (κ2) is 9.53. The van der Waals surface area contributed by atoms with E-state index in [0.717, 1.165) is 6.07 Å². The van der Waals surface area contributed by atoms with Crippen molar-refractivity contribution in [3.8, 4) is 5.75 Å². The fourth-order valence-electron chi connectivity index (χ4n) is 2.28. The van der Waals surface area contributed by atoms with Crippen molar-refractivity contribution in [2.45, 2.75) is 0 Å². The summed E-state index contributed by atoms with van der Waals surface area (Å²) in [6, 6.07) is 11.6. The zero-order valence-corrected chi connectivity index (χ0v) is 17.8. The van der Waals surface area contributed by atoms with Crippen molar-refractivity contribution in [2.75, 3.05) is 0 Å². The Morgan fingerprint density at radius 3 is 2.55 bits per heavy atom. The van der Waals surface area contributed by atoms with Crippen molar-refractivity contribution in [1.29, 1.82) is 0 Å². The van der Waals surface area contributed by atoms with Gasteiger partial charge in [-0.25, -0.2) is 14.6 Å². The molecule has 9 heteroatoms. The minimum absolute atomic E-state index is 0.0636. The summed E-state index contributed by atoms with van der Waals surface area (Å²) in [6.07, 6.45) is 4.32. The highest BCUT2D eigenvalue weighted by molar-refractivity contribution is 9.11. The molecule has 0 unspecified atom stereocenters. The summed E-state index contributed by atoms with van der Waals surface area (Å²) in [5.74, 6) is -1.53. The Balaban J connectivity index is 1.81. The number of hydrazone groups is 1. The van der Waals surface area contributed by atoms with Crippen LogP contribution in [0.4, 0.5) is 4.39 Å². The van der Waals surface area contributed by atoms with Crippen LogP contribution in [0.15, 0.2) is 75.0 Å². The Bertz CT molecular complexity index is 1090. The molecule has 0 radical (unpaired) electrons. The summed E-state index contributed by atoms with van der Waals surface area (Å²) >= 11 is 6.68. The Hall–Kier alpha value is -2.91. The largest absolute Gasteiger partial charge is 0.421 e. The number of esters is 1. The molecule has 2 aromatic carbocycles. The average molecular weight is 521 g/mol. The van der Waals surface area contributed by atoms with Gasteiger partial charge in [0, 0.05) is 28.0 Å². The number of rotatable bonds is 5.